The van der Waals surface area contributed by atoms with Crippen LogP contribution in [0.2, 0.25) is 0 Å². The molecule has 1 heteroatoms. The van der Waals surface area contributed by atoms with Crippen molar-refractivity contribution >= 4 is 12.2 Å². The van der Waals surface area contributed by atoms with Gasteiger partial charge in [0.15, 0.2) is 0 Å². The van der Waals surface area contributed by atoms with E-state index in [1.165, 1.54) is 23.3 Å². The van der Waals surface area contributed by atoms with Crippen molar-refractivity contribution in [3.8, 4) is 0 Å². The lowest BCUT2D eigenvalue weighted by molar-refractivity contribution is 0.628. The molecule has 0 saturated carbocycles. The maximum Gasteiger partial charge on any atom is 0.123 e. The lowest BCUT2D eigenvalue weighted by Crippen LogP contribution is -1.80. The van der Waals surface area contributed by atoms with E-state index in [-0.39, 0.29) is 5.82 Å². The second kappa shape index (κ2) is 5.44. The largest absolute Gasteiger partial charge is 0.207 e. The van der Waals surface area contributed by atoms with Crippen molar-refractivity contribution in [1.82, 2.24) is 0 Å². The van der Waals surface area contributed by atoms with Gasteiger partial charge in [-0.25, -0.2) is 4.39 Å². The van der Waals surface area contributed by atoms with E-state index in [4.69, 9.17) is 0 Å². The molecule has 0 saturated heterocycles. The highest BCUT2D eigenvalue weighted by molar-refractivity contribution is 5.69. The van der Waals surface area contributed by atoms with E-state index < -0.39 is 0 Å². The minimum absolute atomic E-state index is 0.199. The van der Waals surface area contributed by atoms with E-state index in [9.17, 15) is 4.39 Å². The second-order valence-electron chi connectivity index (χ2n) is 3.98. The first kappa shape index (κ1) is 11.6. The van der Waals surface area contributed by atoms with E-state index in [1.807, 2.05) is 12.2 Å². The summed E-state index contributed by atoms with van der Waals surface area (Å²) in [6.07, 6.45) is 5.08. The molecule has 2 aromatic rings. The Labute approximate surface area is 101 Å². The number of rotatable bonds is 3. The third-order valence-electron chi connectivity index (χ3n) is 2.70. The third kappa shape index (κ3) is 3.28. The summed E-state index contributed by atoms with van der Waals surface area (Å²) in [7, 11) is 0. The average molecular weight is 226 g/mol. The average Bonchev–Trinajstić information content (AvgIpc) is 2.38. The summed E-state index contributed by atoms with van der Waals surface area (Å²) < 4.78 is 12.7. The van der Waals surface area contributed by atoms with Crippen molar-refractivity contribution in [2.24, 2.45) is 0 Å². The van der Waals surface area contributed by atoms with Crippen molar-refractivity contribution in [2.45, 2.75) is 13.3 Å². The maximum atomic E-state index is 12.7. The van der Waals surface area contributed by atoms with Crippen LogP contribution in [-0.4, -0.2) is 0 Å². The zero-order valence-corrected chi connectivity index (χ0v) is 9.86. The minimum atomic E-state index is -0.199. The van der Waals surface area contributed by atoms with Crippen LogP contribution >= 0.6 is 0 Å². The van der Waals surface area contributed by atoms with Gasteiger partial charge in [-0.2, -0.15) is 0 Å². The van der Waals surface area contributed by atoms with Crippen molar-refractivity contribution in [3.63, 3.8) is 0 Å². The summed E-state index contributed by atoms with van der Waals surface area (Å²) in [5.74, 6) is -0.199. The summed E-state index contributed by atoms with van der Waals surface area (Å²) in [6, 6.07) is 14.9. The highest BCUT2D eigenvalue weighted by atomic mass is 19.1. The van der Waals surface area contributed by atoms with Gasteiger partial charge in [0.25, 0.3) is 0 Å². The molecule has 0 spiro atoms. The molecule has 2 aromatic carbocycles. The molecular formula is C16H15F. The van der Waals surface area contributed by atoms with Gasteiger partial charge in [0.05, 0.1) is 0 Å². The summed E-state index contributed by atoms with van der Waals surface area (Å²) >= 11 is 0. The van der Waals surface area contributed by atoms with Crippen LogP contribution in [0.4, 0.5) is 4.39 Å². The molecular weight excluding hydrogens is 211 g/mol. The molecule has 0 bridgehead atoms. The van der Waals surface area contributed by atoms with Gasteiger partial charge in [-0.05, 0) is 35.2 Å². The quantitative estimate of drug-likeness (QED) is 0.673. The Morgan fingerprint density at radius 3 is 2.35 bits per heavy atom. The first-order valence-corrected chi connectivity index (χ1v) is 5.80. The molecule has 0 aromatic heterocycles. The molecule has 0 unspecified atom stereocenters. The molecule has 0 radical (unpaired) electrons. The topological polar surface area (TPSA) is 0 Å². The predicted molar refractivity (Wildman–Crippen MR) is 71.1 cm³/mol. The maximum absolute atomic E-state index is 12.7. The number of hydrogen-bond donors (Lipinski definition) is 0. The van der Waals surface area contributed by atoms with E-state index in [0.717, 1.165) is 12.0 Å². The summed E-state index contributed by atoms with van der Waals surface area (Å²) in [5, 5.41) is 0. The molecule has 0 aliphatic carbocycles. The Morgan fingerprint density at radius 1 is 0.941 bits per heavy atom. The van der Waals surface area contributed by atoms with E-state index in [0.29, 0.717) is 0 Å². The summed E-state index contributed by atoms with van der Waals surface area (Å²) in [5.41, 5.74) is 3.51. The molecule has 0 nitrogen and oxygen atoms in total. The van der Waals surface area contributed by atoms with E-state index in [2.05, 4.69) is 31.2 Å². The number of hydrogen-bond acceptors (Lipinski definition) is 0. The minimum Gasteiger partial charge on any atom is -0.207 e. The van der Waals surface area contributed by atoms with Crippen LogP contribution in [0.15, 0.2) is 48.5 Å². The van der Waals surface area contributed by atoms with Crippen LogP contribution < -0.4 is 0 Å². The van der Waals surface area contributed by atoms with Crippen molar-refractivity contribution < 1.29 is 4.39 Å². The molecule has 2 rings (SSSR count). The van der Waals surface area contributed by atoms with Crippen LogP contribution in [0.5, 0.6) is 0 Å². The molecule has 0 N–H and O–H groups in total. The van der Waals surface area contributed by atoms with Gasteiger partial charge in [0.1, 0.15) is 5.82 Å². The fraction of sp³-hybridized carbons (Fsp3) is 0.125. The molecule has 0 amide bonds. The fourth-order valence-electron chi connectivity index (χ4n) is 1.68. The van der Waals surface area contributed by atoms with E-state index >= 15 is 0 Å². The first-order valence-electron chi connectivity index (χ1n) is 5.80. The lowest BCUT2D eigenvalue weighted by atomic mass is 10.1. The Kier molecular flexibility index (Phi) is 3.71. The normalized spacial score (nSPS) is 10.9. The molecule has 0 heterocycles. The van der Waals surface area contributed by atoms with Crippen LogP contribution in [0, 0.1) is 5.82 Å². The highest BCUT2D eigenvalue weighted by Crippen LogP contribution is 2.11. The SMILES string of the molecule is CCc1cccc(/C=C/c2ccc(F)cc2)c1. The number of benzene rings is 2. The zero-order valence-electron chi connectivity index (χ0n) is 9.86. The Balaban J connectivity index is 2.16. The van der Waals surface area contributed by atoms with Crippen LogP contribution in [0.3, 0.4) is 0 Å². The van der Waals surface area contributed by atoms with Crippen LogP contribution in [-0.2, 0) is 6.42 Å². The van der Waals surface area contributed by atoms with Crippen LogP contribution in [0.1, 0.15) is 23.6 Å². The fourth-order valence-corrected chi connectivity index (χ4v) is 1.68. The Hall–Kier alpha value is -1.89. The summed E-state index contributed by atoms with van der Waals surface area (Å²) in [4.78, 5) is 0. The number of aryl methyl sites for hydroxylation is 1. The molecule has 0 atom stereocenters. The van der Waals surface area contributed by atoms with E-state index in [1.54, 1.807) is 12.1 Å². The van der Waals surface area contributed by atoms with Gasteiger partial charge in [-0.15, -0.1) is 0 Å². The van der Waals surface area contributed by atoms with Gasteiger partial charge in [0.2, 0.25) is 0 Å². The lowest BCUT2D eigenvalue weighted by Gasteiger charge is -1.98. The monoisotopic (exact) mass is 226 g/mol. The Bertz CT molecular complexity index is 509. The van der Waals surface area contributed by atoms with Gasteiger partial charge in [-0.3, -0.25) is 0 Å². The van der Waals surface area contributed by atoms with Gasteiger partial charge < -0.3 is 0 Å². The molecule has 86 valence electrons. The van der Waals surface area contributed by atoms with Crippen molar-refractivity contribution in [2.75, 3.05) is 0 Å². The third-order valence-corrected chi connectivity index (χ3v) is 2.70. The van der Waals surface area contributed by atoms with Crippen LogP contribution in [0.25, 0.3) is 12.2 Å². The standard InChI is InChI=1S/C16H15F/c1-2-13-4-3-5-15(12-13)7-6-14-8-10-16(17)11-9-14/h3-12H,2H2,1H3/b7-6+. The summed E-state index contributed by atoms with van der Waals surface area (Å²) in [6.45, 7) is 2.14. The molecule has 17 heavy (non-hydrogen) atoms. The first-order chi connectivity index (χ1) is 8.28. The van der Waals surface area contributed by atoms with Gasteiger partial charge >= 0.3 is 0 Å². The highest BCUT2D eigenvalue weighted by Gasteiger charge is 1.92. The molecule has 0 aliphatic rings. The van der Waals surface area contributed by atoms with Gasteiger partial charge in [-0.1, -0.05) is 55.5 Å². The second-order valence-corrected chi connectivity index (χ2v) is 3.98. The Morgan fingerprint density at radius 2 is 1.65 bits per heavy atom. The van der Waals surface area contributed by atoms with Gasteiger partial charge in [0, 0.05) is 0 Å². The van der Waals surface area contributed by atoms with Crippen molar-refractivity contribution in [3.05, 3.63) is 71.0 Å². The van der Waals surface area contributed by atoms with Crippen molar-refractivity contribution in [1.29, 1.82) is 0 Å². The number of halogens is 1. The smallest absolute Gasteiger partial charge is 0.123 e. The molecule has 0 fully saturated rings. The predicted octanol–water partition coefficient (Wildman–Crippen LogP) is 4.56. The molecule has 0 aliphatic heterocycles. The zero-order chi connectivity index (χ0) is 12.1.